The number of hydrogen-bond acceptors (Lipinski definition) is 7. The minimum absolute atomic E-state index is 0.0222. The van der Waals surface area contributed by atoms with Crippen molar-refractivity contribution in [2.45, 2.75) is 23.8 Å². The third-order valence-electron chi connectivity index (χ3n) is 3.89. The molecule has 2 aromatic rings. The molecule has 3 rings (SSSR count). The molecule has 1 aliphatic heterocycles. The molecule has 0 radical (unpaired) electrons. The van der Waals surface area contributed by atoms with E-state index in [0.29, 0.717) is 19.4 Å². The van der Waals surface area contributed by atoms with Crippen molar-refractivity contribution in [3.63, 3.8) is 0 Å². The highest BCUT2D eigenvalue weighted by Gasteiger charge is 2.31. The fourth-order valence-electron chi connectivity index (χ4n) is 2.62. The Morgan fingerprint density at radius 1 is 1.23 bits per heavy atom. The summed E-state index contributed by atoms with van der Waals surface area (Å²) in [7, 11) is -3.81. The summed E-state index contributed by atoms with van der Waals surface area (Å²) in [5.41, 5.74) is -0.183. The highest BCUT2D eigenvalue weighted by molar-refractivity contribution is 7.89. The van der Waals surface area contributed by atoms with Crippen molar-refractivity contribution in [1.29, 1.82) is 0 Å². The van der Waals surface area contributed by atoms with Crippen LogP contribution in [0, 0.1) is 15.9 Å². The normalized spacial score (nSPS) is 18.4. The number of halogens is 1. The number of piperidine rings is 1. The Morgan fingerprint density at radius 3 is 2.50 bits per heavy atom. The average molecular weight is 382 g/mol. The molecule has 0 bridgehead atoms. The first-order valence-corrected chi connectivity index (χ1v) is 9.19. The number of rotatable bonds is 5. The quantitative estimate of drug-likeness (QED) is 0.571. The summed E-state index contributed by atoms with van der Waals surface area (Å²) in [4.78, 5) is 17.5. The van der Waals surface area contributed by atoms with Crippen molar-refractivity contribution in [2.24, 2.45) is 0 Å². The van der Waals surface area contributed by atoms with Crippen molar-refractivity contribution in [3.8, 4) is 6.01 Å². The number of non-ortho nitro benzene ring substituents is 1. The van der Waals surface area contributed by atoms with Gasteiger partial charge in [0, 0.05) is 18.7 Å². The van der Waals surface area contributed by atoms with Gasteiger partial charge in [-0.05, 0) is 25.0 Å². The molecule has 2 heterocycles. The Labute approximate surface area is 148 Å². The monoisotopic (exact) mass is 382 g/mol. The van der Waals surface area contributed by atoms with E-state index >= 15 is 0 Å². The summed E-state index contributed by atoms with van der Waals surface area (Å²) in [6.07, 6.45) is 2.64. The van der Waals surface area contributed by atoms with Crippen molar-refractivity contribution >= 4 is 15.7 Å². The Morgan fingerprint density at radius 2 is 1.88 bits per heavy atom. The second-order valence-corrected chi connectivity index (χ2v) is 7.62. The van der Waals surface area contributed by atoms with Crippen LogP contribution in [0.25, 0.3) is 0 Å². The molecular weight excluding hydrogens is 367 g/mol. The SMILES string of the molecule is O=[N+]([O-])c1ccc(S(=O)(=O)N2CCCC(Oc3ncc(F)cn3)C2)cc1. The van der Waals surface area contributed by atoms with Crippen molar-refractivity contribution in [3.05, 3.63) is 52.6 Å². The van der Waals surface area contributed by atoms with E-state index in [-0.39, 0.29) is 23.1 Å². The van der Waals surface area contributed by atoms with Gasteiger partial charge < -0.3 is 4.74 Å². The maximum absolute atomic E-state index is 12.8. The van der Waals surface area contributed by atoms with Crippen molar-refractivity contribution < 1.29 is 22.5 Å². The third kappa shape index (κ3) is 3.94. The van der Waals surface area contributed by atoms with Gasteiger partial charge in [-0.2, -0.15) is 4.31 Å². The Kier molecular flexibility index (Phi) is 5.09. The summed E-state index contributed by atoms with van der Waals surface area (Å²) in [6, 6.07) is 4.70. The van der Waals surface area contributed by atoms with Crippen LogP contribution in [0.3, 0.4) is 0 Å². The topological polar surface area (TPSA) is 116 Å². The smallest absolute Gasteiger partial charge is 0.316 e. The van der Waals surface area contributed by atoms with Gasteiger partial charge in [0.2, 0.25) is 10.0 Å². The minimum atomic E-state index is -3.81. The maximum Gasteiger partial charge on any atom is 0.316 e. The summed E-state index contributed by atoms with van der Waals surface area (Å²) >= 11 is 0. The molecule has 9 nitrogen and oxygen atoms in total. The van der Waals surface area contributed by atoms with Gasteiger partial charge in [0.25, 0.3) is 5.69 Å². The van der Waals surface area contributed by atoms with Crippen LogP contribution in [0.5, 0.6) is 6.01 Å². The molecule has 26 heavy (non-hydrogen) atoms. The van der Waals surface area contributed by atoms with E-state index in [0.717, 1.165) is 24.5 Å². The van der Waals surface area contributed by atoms with Gasteiger partial charge in [0.1, 0.15) is 6.10 Å². The largest absolute Gasteiger partial charge is 0.459 e. The second-order valence-electron chi connectivity index (χ2n) is 5.68. The predicted molar refractivity (Wildman–Crippen MR) is 87.5 cm³/mol. The Hall–Kier alpha value is -2.66. The number of nitro groups is 1. The lowest BCUT2D eigenvalue weighted by Gasteiger charge is -2.31. The summed E-state index contributed by atoms with van der Waals surface area (Å²) < 4.78 is 45.1. The highest BCUT2D eigenvalue weighted by Crippen LogP contribution is 2.24. The lowest BCUT2D eigenvalue weighted by atomic mass is 10.1. The molecule has 1 fully saturated rings. The van der Waals surface area contributed by atoms with E-state index in [1.54, 1.807) is 0 Å². The lowest BCUT2D eigenvalue weighted by Crippen LogP contribution is -2.44. The number of benzene rings is 1. The van der Waals surface area contributed by atoms with E-state index in [1.165, 1.54) is 16.4 Å². The number of sulfonamides is 1. The van der Waals surface area contributed by atoms with Crippen LogP contribution in [0.1, 0.15) is 12.8 Å². The van der Waals surface area contributed by atoms with E-state index in [4.69, 9.17) is 4.74 Å². The molecule has 1 aromatic heterocycles. The van der Waals surface area contributed by atoms with Crippen LogP contribution in [0.15, 0.2) is 41.6 Å². The molecule has 0 aliphatic carbocycles. The molecule has 0 saturated carbocycles. The van der Waals surface area contributed by atoms with Crippen LogP contribution in [-0.4, -0.2) is 46.8 Å². The molecule has 1 atom stereocenters. The average Bonchev–Trinajstić information content (AvgIpc) is 2.64. The molecule has 11 heteroatoms. The van der Waals surface area contributed by atoms with Crippen LogP contribution < -0.4 is 4.74 Å². The van der Waals surface area contributed by atoms with E-state index in [9.17, 15) is 22.9 Å². The number of ether oxygens (including phenoxy) is 1. The van der Waals surface area contributed by atoms with Gasteiger partial charge in [-0.3, -0.25) is 10.1 Å². The number of hydrogen-bond donors (Lipinski definition) is 0. The third-order valence-corrected chi connectivity index (χ3v) is 5.77. The van der Waals surface area contributed by atoms with Gasteiger partial charge in [0.15, 0.2) is 5.82 Å². The first-order chi connectivity index (χ1) is 12.4. The highest BCUT2D eigenvalue weighted by atomic mass is 32.2. The van der Waals surface area contributed by atoms with Gasteiger partial charge in [-0.15, -0.1) is 0 Å². The lowest BCUT2D eigenvalue weighted by molar-refractivity contribution is -0.384. The van der Waals surface area contributed by atoms with E-state index in [1.807, 2.05) is 0 Å². The molecule has 0 spiro atoms. The number of nitro benzene ring substituents is 1. The van der Waals surface area contributed by atoms with Gasteiger partial charge in [-0.25, -0.2) is 22.8 Å². The van der Waals surface area contributed by atoms with Gasteiger partial charge in [0.05, 0.1) is 28.8 Å². The number of aromatic nitrogens is 2. The molecule has 1 saturated heterocycles. The zero-order valence-electron chi connectivity index (χ0n) is 13.5. The molecule has 138 valence electrons. The Bertz CT molecular complexity index is 889. The second kappa shape index (κ2) is 7.30. The summed E-state index contributed by atoms with van der Waals surface area (Å²) in [6.45, 7) is 0.392. The molecule has 1 aromatic carbocycles. The molecular formula is C15H15FN4O5S. The Balaban J connectivity index is 1.73. The van der Waals surface area contributed by atoms with Crippen molar-refractivity contribution in [1.82, 2.24) is 14.3 Å². The predicted octanol–water partition coefficient (Wildman–Crippen LogP) is 1.76. The minimum Gasteiger partial charge on any atom is -0.459 e. The maximum atomic E-state index is 12.8. The summed E-state index contributed by atoms with van der Waals surface area (Å²) in [5.74, 6) is -0.594. The molecule has 1 aliphatic rings. The van der Waals surface area contributed by atoms with Crippen LogP contribution in [0.4, 0.5) is 10.1 Å². The first-order valence-electron chi connectivity index (χ1n) is 7.75. The van der Waals surface area contributed by atoms with Crippen LogP contribution in [0.2, 0.25) is 0 Å². The van der Waals surface area contributed by atoms with Gasteiger partial charge in [-0.1, -0.05) is 0 Å². The molecule has 0 N–H and O–H groups in total. The van der Waals surface area contributed by atoms with Crippen LogP contribution in [-0.2, 0) is 10.0 Å². The molecule has 1 unspecified atom stereocenters. The van der Waals surface area contributed by atoms with E-state index in [2.05, 4.69) is 9.97 Å². The number of nitrogens with zero attached hydrogens (tertiary/aromatic N) is 4. The molecule has 0 amide bonds. The standard InChI is InChI=1S/C15H15FN4O5S/c16-11-8-17-15(18-9-11)25-13-2-1-7-19(10-13)26(23,24)14-5-3-12(4-6-14)20(21)22/h3-6,8-9,13H,1-2,7,10H2. The zero-order valence-corrected chi connectivity index (χ0v) is 14.3. The fraction of sp³-hybridized carbons (Fsp3) is 0.333. The van der Waals surface area contributed by atoms with Crippen molar-refractivity contribution in [2.75, 3.05) is 13.1 Å². The van der Waals surface area contributed by atoms with Gasteiger partial charge >= 0.3 is 6.01 Å². The van der Waals surface area contributed by atoms with E-state index < -0.39 is 26.9 Å². The zero-order chi connectivity index (χ0) is 18.7. The fourth-order valence-corrected chi connectivity index (χ4v) is 4.13. The van der Waals surface area contributed by atoms with Crippen LogP contribution >= 0.6 is 0 Å². The summed E-state index contributed by atoms with van der Waals surface area (Å²) in [5, 5.41) is 10.7. The first kappa shape index (κ1) is 18.1.